The van der Waals surface area contributed by atoms with Crippen LogP contribution < -0.4 is 0 Å². The van der Waals surface area contributed by atoms with Gasteiger partial charge >= 0.3 is 17.6 Å². The van der Waals surface area contributed by atoms with Crippen molar-refractivity contribution in [2.24, 2.45) is 0 Å². The van der Waals surface area contributed by atoms with E-state index in [1.807, 2.05) is 0 Å². The molecule has 6 heteroatoms. The molecule has 0 radical (unpaired) electrons. The average Bonchev–Trinajstić information content (AvgIpc) is 2.18. The van der Waals surface area contributed by atoms with Crippen LogP contribution in [0.4, 0.5) is 4.39 Å². The third-order valence-corrected chi connectivity index (χ3v) is 2.46. The number of aliphatic carboxylic acids is 2. The quantitative estimate of drug-likeness (QED) is 0.685. The van der Waals surface area contributed by atoms with E-state index < -0.39 is 30.1 Å². The van der Waals surface area contributed by atoms with E-state index in [2.05, 4.69) is 0 Å². The highest BCUT2D eigenvalue weighted by Gasteiger charge is 2.49. The largest absolute Gasteiger partial charge is 0.478 e. The van der Waals surface area contributed by atoms with E-state index in [1.54, 1.807) is 0 Å². The number of alkyl halides is 1. The number of halogens is 1. The Hall–Kier alpha value is -1.17. The second kappa shape index (κ2) is 4.57. The lowest BCUT2D eigenvalue weighted by Crippen LogP contribution is -2.45. The molecule has 1 aliphatic rings. The van der Waals surface area contributed by atoms with Crippen LogP contribution in [0.2, 0.25) is 0 Å². The fourth-order valence-corrected chi connectivity index (χ4v) is 1.55. The molecule has 1 heterocycles. The van der Waals surface area contributed by atoms with Gasteiger partial charge in [0.1, 0.15) is 0 Å². The number of hydrogen-bond donors (Lipinski definition) is 2. The molecule has 86 valence electrons. The molecule has 1 saturated heterocycles. The molecule has 2 N–H and O–H groups in total. The van der Waals surface area contributed by atoms with Crippen LogP contribution in [0, 0.1) is 0 Å². The maximum absolute atomic E-state index is 13.5. The summed E-state index contributed by atoms with van der Waals surface area (Å²) in [6.07, 6.45) is 0.913. The molecule has 0 bridgehead atoms. The summed E-state index contributed by atoms with van der Waals surface area (Å²) >= 11 is 0. The van der Waals surface area contributed by atoms with Crippen LogP contribution in [-0.4, -0.2) is 40.5 Å². The Labute approximate surface area is 85.8 Å². The molecule has 0 aromatic heterocycles. The smallest absolute Gasteiger partial charge is 0.353 e. The number of carbonyl (C=O) groups is 2. The van der Waals surface area contributed by atoms with Gasteiger partial charge in [-0.3, -0.25) is 0 Å². The lowest BCUT2D eigenvalue weighted by atomic mass is 9.94. The molecule has 5 nitrogen and oxygen atoms in total. The van der Waals surface area contributed by atoms with Crippen molar-refractivity contribution in [3.63, 3.8) is 0 Å². The Kier molecular flexibility index (Phi) is 3.62. The first kappa shape index (κ1) is 11.9. The molecule has 0 saturated carbocycles. The third kappa shape index (κ3) is 2.65. The van der Waals surface area contributed by atoms with Gasteiger partial charge in [-0.25, -0.2) is 14.0 Å². The van der Waals surface area contributed by atoms with Crippen molar-refractivity contribution in [2.75, 3.05) is 6.61 Å². The molecule has 1 aliphatic heterocycles. The van der Waals surface area contributed by atoms with Crippen molar-refractivity contribution in [2.45, 2.75) is 37.5 Å². The Morgan fingerprint density at radius 1 is 1.33 bits per heavy atom. The lowest BCUT2D eigenvalue weighted by molar-refractivity contribution is -0.171. The van der Waals surface area contributed by atoms with Crippen LogP contribution in [0.3, 0.4) is 0 Å². The molecule has 0 amide bonds. The molecular formula is C9H13FO5. The zero-order valence-corrected chi connectivity index (χ0v) is 8.11. The zero-order valence-electron chi connectivity index (χ0n) is 8.11. The number of ether oxygens (including phenoxy) is 1. The van der Waals surface area contributed by atoms with Gasteiger partial charge in [0, 0.05) is 13.0 Å². The topological polar surface area (TPSA) is 83.8 Å². The number of carboxylic acid groups (broad SMARTS) is 2. The van der Waals surface area contributed by atoms with Crippen molar-refractivity contribution in [3.8, 4) is 0 Å². The molecule has 1 atom stereocenters. The molecule has 1 unspecified atom stereocenters. The van der Waals surface area contributed by atoms with Crippen molar-refractivity contribution in [1.82, 2.24) is 0 Å². The summed E-state index contributed by atoms with van der Waals surface area (Å²) < 4.78 is 18.6. The van der Waals surface area contributed by atoms with Gasteiger partial charge in [0.15, 0.2) is 0 Å². The third-order valence-electron chi connectivity index (χ3n) is 2.46. The summed E-state index contributed by atoms with van der Waals surface area (Å²) in [7, 11) is 0. The average molecular weight is 220 g/mol. The van der Waals surface area contributed by atoms with Crippen LogP contribution in [0.15, 0.2) is 0 Å². The normalized spacial score (nSPS) is 22.3. The van der Waals surface area contributed by atoms with E-state index in [4.69, 9.17) is 14.9 Å². The van der Waals surface area contributed by atoms with Crippen molar-refractivity contribution in [3.05, 3.63) is 0 Å². The SMILES string of the molecule is O=C(O)C(F)(CC1CCCCO1)C(=O)O. The van der Waals surface area contributed by atoms with Crippen LogP contribution in [0.25, 0.3) is 0 Å². The molecule has 1 rings (SSSR count). The Morgan fingerprint density at radius 3 is 2.33 bits per heavy atom. The summed E-state index contributed by atoms with van der Waals surface area (Å²) in [4.78, 5) is 21.1. The van der Waals surface area contributed by atoms with E-state index in [1.165, 1.54) is 0 Å². The van der Waals surface area contributed by atoms with Gasteiger partial charge in [0.05, 0.1) is 6.10 Å². The van der Waals surface area contributed by atoms with Crippen LogP contribution >= 0.6 is 0 Å². The second-order valence-corrected chi connectivity index (χ2v) is 3.60. The summed E-state index contributed by atoms with van der Waals surface area (Å²) in [5.41, 5.74) is -3.23. The van der Waals surface area contributed by atoms with Crippen LogP contribution in [0.5, 0.6) is 0 Å². The molecule has 0 spiro atoms. The van der Waals surface area contributed by atoms with Gasteiger partial charge in [-0.15, -0.1) is 0 Å². The summed E-state index contributed by atoms with van der Waals surface area (Å²) in [5.74, 6) is -3.94. The van der Waals surface area contributed by atoms with Gasteiger partial charge < -0.3 is 14.9 Å². The van der Waals surface area contributed by atoms with E-state index in [0.29, 0.717) is 13.0 Å². The Balaban J connectivity index is 2.65. The van der Waals surface area contributed by atoms with Gasteiger partial charge in [0.25, 0.3) is 0 Å². The van der Waals surface area contributed by atoms with Gasteiger partial charge in [-0.1, -0.05) is 0 Å². The van der Waals surface area contributed by atoms with Gasteiger partial charge in [-0.05, 0) is 19.3 Å². The lowest BCUT2D eigenvalue weighted by Gasteiger charge is -2.26. The fourth-order valence-electron chi connectivity index (χ4n) is 1.55. The maximum atomic E-state index is 13.5. The van der Waals surface area contributed by atoms with E-state index in [9.17, 15) is 14.0 Å². The predicted molar refractivity (Wildman–Crippen MR) is 47.3 cm³/mol. The molecular weight excluding hydrogens is 207 g/mol. The second-order valence-electron chi connectivity index (χ2n) is 3.60. The van der Waals surface area contributed by atoms with Crippen molar-refractivity contribution >= 4 is 11.9 Å². The summed E-state index contributed by atoms with van der Waals surface area (Å²) in [6, 6.07) is 0. The van der Waals surface area contributed by atoms with Crippen molar-refractivity contribution < 1.29 is 28.9 Å². The minimum Gasteiger partial charge on any atom is -0.478 e. The predicted octanol–water partition coefficient (Wildman–Crippen LogP) is 0.823. The first-order valence-electron chi connectivity index (χ1n) is 4.74. The minimum absolute atomic E-state index is 0.431. The first-order valence-corrected chi connectivity index (χ1v) is 4.74. The highest BCUT2D eigenvalue weighted by Crippen LogP contribution is 2.26. The highest BCUT2D eigenvalue weighted by molar-refractivity contribution is 6.01. The first-order chi connectivity index (χ1) is 6.97. The Morgan fingerprint density at radius 2 is 1.93 bits per heavy atom. The fraction of sp³-hybridized carbons (Fsp3) is 0.778. The maximum Gasteiger partial charge on any atom is 0.353 e. The summed E-state index contributed by atoms with van der Waals surface area (Å²) in [6.45, 7) is 0.431. The van der Waals surface area contributed by atoms with E-state index in [0.717, 1.165) is 12.8 Å². The van der Waals surface area contributed by atoms with Gasteiger partial charge in [0.2, 0.25) is 0 Å². The van der Waals surface area contributed by atoms with E-state index in [-0.39, 0.29) is 0 Å². The van der Waals surface area contributed by atoms with Crippen LogP contribution in [0.1, 0.15) is 25.7 Å². The van der Waals surface area contributed by atoms with Crippen molar-refractivity contribution in [1.29, 1.82) is 0 Å². The highest BCUT2D eigenvalue weighted by atomic mass is 19.1. The van der Waals surface area contributed by atoms with Gasteiger partial charge in [-0.2, -0.15) is 0 Å². The number of rotatable bonds is 4. The Bertz CT molecular complexity index is 245. The molecule has 1 fully saturated rings. The number of hydrogen-bond acceptors (Lipinski definition) is 3. The molecule has 0 aromatic rings. The zero-order chi connectivity index (χ0) is 11.5. The van der Waals surface area contributed by atoms with Crippen LogP contribution in [-0.2, 0) is 14.3 Å². The molecule has 0 aromatic carbocycles. The molecule has 15 heavy (non-hydrogen) atoms. The number of carboxylic acids is 2. The minimum atomic E-state index is -3.23. The molecule has 0 aliphatic carbocycles. The van der Waals surface area contributed by atoms with E-state index >= 15 is 0 Å². The monoisotopic (exact) mass is 220 g/mol. The standard InChI is InChI=1S/C9H13FO5/c10-9(7(11)12,8(13)14)5-6-3-1-2-4-15-6/h6H,1-5H2,(H,11,12)(H,13,14). The summed E-state index contributed by atoms with van der Waals surface area (Å²) in [5, 5.41) is 17.0.